The smallest absolute Gasteiger partial charge is 0.0737 e. The third-order valence-corrected chi connectivity index (χ3v) is 3.74. The molecular formula is C13H18ClNO. The summed E-state index contributed by atoms with van der Waals surface area (Å²) in [5, 5.41) is 14.6. The predicted molar refractivity (Wildman–Crippen MR) is 66.8 cm³/mol. The molecule has 1 aromatic rings. The Hall–Kier alpha value is -0.570. The first-order valence-electron chi connectivity index (χ1n) is 5.78. The zero-order chi connectivity index (χ0) is 11.6. The van der Waals surface area contributed by atoms with Gasteiger partial charge in [-0.3, -0.25) is 0 Å². The van der Waals surface area contributed by atoms with Gasteiger partial charge in [-0.05, 0) is 36.6 Å². The molecule has 0 amide bonds. The summed E-state index contributed by atoms with van der Waals surface area (Å²) in [4.78, 5) is 0. The van der Waals surface area contributed by atoms with Crippen LogP contribution in [0.15, 0.2) is 24.3 Å². The fraction of sp³-hybridized carbons (Fsp3) is 0.538. The first kappa shape index (κ1) is 11.9. The van der Waals surface area contributed by atoms with Crippen molar-refractivity contribution in [3.8, 4) is 0 Å². The summed E-state index contributed by atoms with van der Waals surface area (Å²) in [7, 11) is 0. The molecule has 2 rings (SSSR count). The van der Waals surface area contributed by atoms with Crippen LogP contribution in [0.1, 0.15) is 18.9 Å². The lowest BCUT2D eigenvalue weighted by Crippen LogP contribution is -2.50. The number of rotatable bonds is 2. The van der Waals surface area contributed by atoms with E-state index in [0.717, 1.165) is 30.1 Å². The Morgan fingerprint density at radius 3 is 3.06 bits per heavy atom. The maximum atomic E-state index is 10.6. The lowest BCUT2D eigenvalue weighted by atomic mass is 9.78. The van der Waals surface area contributed by atoms with Gasteiger partial charge in [0.05, 0.1) is 5.60 Å². The van der Waals surface area contributed by atoms with Crippen molar-refractivity contribution < 1.29 is 5.11 Å². The summed E-state index contributed by atoms with van der Waals surface area (Å²) in [6, 6.07) is 7.76. The molecule has 1 fully saturated rings. The summed E-state index contributed by atoms with van der Waals surface area (Å²) in [5.74, 6) is 0.278. The lowest BCUT2D eigenvalue weighted by Gasteiger charge is -2.38. The van der Waals surface area contributed by atoms with Crippen LogP contribution in [0.3, 0.4) is 0 Å². The van der Waals surface area contributed by atoms with E-state index in [-0.39, 0.29) is 5.92 Å². The number of piperidine rings is 1. The molecule has 1 aromatic carbocycles. The Kier molecular flexibility index (Phi) is 3.53. The van der Waals surface area contributed by atoms with Gasteiger partial charge in [-0.2, -0.15) is 0 Å². The number of benzene rings is 1. The van der Waals surface area contributed by atoms with Gasteiger partial charge >= 0.3 is 0 Å². The quantitative estimate of drug-likeness (QED) is 0.830. The molecule has 0 aromatic heterocycles. The van der Waals surface area contributed by atoms with Crippen LogP contribution >= 0.6 is 11.6 Å². The van der Waals surface area contributed by atoms with Gasteiger partial charge in [0.15, 0.2) is 0 Å². The molecule has 2 atom stereocenters. The topological polar surface area (TPSA) is 32.3 Å². The van der Waals surface area contributed by atoms with E-state index in [9.17, 15) is 5.11 Å². The molecule has 1 aliphatic heterocycles. The number of hydrogen-bond acceptors (Lipinski definition) is 2. The Bertz CT molecular complexity index is 369. The molecule has 0 spiro atoms. The number of nitrogens with one attached hydrogen (secondary N) is 1. The molecule has 2 nitrogen and oxygen atoms in total. The van der Waals surface area contributed by atoms with E-state index < -0.39 is 5.60 Å². The molecule has 0 aliphatic carbocycles. The highest BCUT2D eigenvalue weighted by Crippen LogP contribution is 2.28. The fourth-order valence-electron chi connectivity index (χ4n) is 2.32. The van der Waals surface area contributed by atoms with Gasteiger partial charge in [0.2, 0.25) is 0 Å². The van der Waals surface area contributed by atoms with Crippen molar-refractivity contribution in [1.82, 2.24) is 5.32 Å². The van der Waals surface area contributed by atoms with Crippen molar-refractivity contribution in [2.75, 3.05) is 13.1 Å². The number of aliphatic hydroxyl groups is 1. The summed E-state index contributed by atoms with van der Waals surface area (Å²) in [5.41, 5.74) is 0.527. The van der Waals surface area contributed by atoms with E-state index in [2.05, 4.69) is 12.2 Å². The van der Waals surface area contributed by atoms with Gasteiger partial charge in [0, 0.05) is 18.0 Å². The fourth-order valence-corrected chi connectivity index (χ4v) is 2.54. The largest absolute Gasteiger partial charge is 0.389 e. The second kappa shape index (κ2) is 4.74. The monoisotopic (exact) mass is 239 g/mol. The predicted octanol–water partition coefficient (Wildman–Crippen LogP) is 2.24. The average molecular weight is 240 g/mol. The summed E-state index contributed by atoms with van der Waals surface area (Å²) in [6.45, 7) is 3.87. The third kappa shape index (κ3) is 2.57. The van der Waals surface area contributed by atoms with E-state index >= 15 is 0 Å². The van der Waals surface area contributed by atoms with E-state index in [1.807, 2.05) is 24.3 Å². The molecule has 1 saturated heterocycles. The van der Waals surface area contributed by atoms with Crippen LogP contribution < -0.4 is 5.32 Å². The van der Waals surface area contributed by atoms with Crippen LogP contribution in [0.2, 0.25) is 5.02 Å². The molecule has 2 unspecified atom stereocenters. The Labute approximate surface area is 102 Å². The van der Waals surface area contributed by atoms with Gasteiger partial charge in [0.1, 0.15) is 0 Å². The SMILES string of the molecule is CC1CNCCC1(O)Cc1cccc(Cl)c1. The van der Waals surface area contributed by atoms with Gasteiger partial charge in [-0.15, -0.1) is 0 Å². The highest BCUT2D eigenvalue weighted by molar-refractivity contribution is 6.30. The lowest BCUT2D eigenvalue weighted by molar-refractivity contribution is -0.0329. The van der Waals surface area contributed by atoms with Crippen molar-refractivity contribution in [2.24, 2.45) is 5.92 Å². The van der Waals surface area contributed by atoms with E-state index in [1.54, 1.807) is 0 Å². The maximum absolute atomic E-state index is 10.6. The zero-order valence-electron chi connectivity index (χ0n) is 9.54. The Balaban J connectivity index is 2.13. The van der Waals surface area contributed by atoms with Crippen LogP contribution in [-0.2, 0) is 6.42 Å². The number of hydrogen-bond donors (Lipinski definition) is 2. The van der Waals surface area contributed by atoms with Gasteiger partial charge in [0.25, 0.3) is 0 Å². The van der Waals surface area contributed by atoms with Crippen LogP contribution in [0, 0.1) is 5.92 Å². The maximum Gasteiger partial charge on any atom is 0.0737 e. The molecule has 2 N–H and O–H groups in total. The second-order valence-electron chi connectivity index (χ2n) is 4.77. The minimum atomic E-state index is -0.587. The molecule has 0 bridgehead atoms. The highest BCUT2D eigenvalue weighted by Gasteiger charge is 2.35. The summed E-state index contributed by atoms with van der Waals surface area (Å²) >= 11 is 5.95. The molecule has 1 heterocycles. The van der Waals surface area contributed by atoms with Crippen molar-refractivity contribution >= 4 is 11.6 Å². The molecule has 0 saturated carbocycles. The molecule has 0 radical (unpaired) electrons. The van der Waals surface area contributed by atoms with Crippen LogP contribution in [-0.4, -0.2) is 23.8 Å². The normalized spacial score (nSPS) is 30.3. The number of halogens is 1. The standard InChI is InChI=1S/C13H18ClNO/c1-10-9-15-6-5-13(10,16)8-11-3-2-4-12(14)7-11/h2-4,7,10,15-16H,5-6,8-9H2,1H3. The van der Waals surface area contributed by atoms with Crippen molar-refractivity contribution in [3.05, 3.63) is 34.9 Å². The zero-order valence-corrected chi connectivity index (χ0v) is 10.3. The van der Waals surface area contributed by atoms with Crippen LogP contribution in [0.4, 0.5) is 0 Å². The molecule has 16 heavy (non-hydrogen) atoms. The van der Waals surface area contributed by atoms with Crippen molar-refractivity contribution in [1.29, 1.82) is 0 Å². The first-order chi connectivity index (χ1) is 7.60. The minimum Gasteiger partial charge on any atom is -0.389 e. The van der Waals surface area contributed by atoms with Crippen molar-refractivity contribution in [3.63, 3.8) is 0 Å². The highest BCUT2D eigenvalue weighted by atomic mass is 35.5. The molecule has 88 valence electrons. The van der Waals surface area contributed by atoms with Crippen molar-refractivity contribution in [2.45, 2.75) is 25.4 Å². The third-order valence-electron chi connectivity index (χ3n) is 3.50. The summed E-state index contributed by atoms with van der Waals surface area (Å²) < 4.78 is 0. The van der Waals surface area contributed by atoms with Gasteiger partial charge in [-0.1, -0.05) is 30.7 Å². The Morgan fingerprint density at radius 1 is 1.56 bits per heavy atom. The van der Waals surface area contributed by atoms with E-state index in [0.29, 0.717) is 6.42 Å². The van der Waals surface area contributed by atoms with Crippen LogP contribution in [0.25, 0.3) is 0 Å². The van der Waals surface area contributed by atoms with Crippen LogP contribution in [0.5, 0.6) is 0 Å². The minimum absolute atomic E-state index is 0.278. The first-order valence-corrected chi connectivity index (χ1v) is 6.15. The van der Waals surface area contributed by atoms with E-state index in [1.165, 1.54) is 0 Å². The van der Waals surface area contributed by atoms with Gasteiger partial charge < -0.3 is 10.4 Å². The molecule has 1 aliphatic rings. The second-order valence-corrected chi connectivity index (χ2v) is 5.20. The Morgan fingerprint density at radius 2 is 2.38 bits per heavy atom. The van der Waals surface area contributed by atoms with E-state index in [4.69, 9.17) is 11.6 Å². The average Bonchev–Trinajstić information content (AvgIpc) is 2.23. The molecule has 3 heteroatoms. The van der Waals surface area contributed by atoms with Gasteiger partial charge in [-0.25, -0.2) is 0 Å². The summed E-state index contributed by atoms with van der Waals surface area (Å²) in [6.07, 6.45) is 1.50. The molecular weight excluding hydrogens is 222 g/mol.